The van der Waals surface area contributed by atoms with E-state index in [0.29, 0.717) is 0 Å². The number of Topliss-reactive ketones (excluding diaryl/α,β-unsaturated/α-hetero) is 8. The van der Waals surface area contributed by atoms with E-state index < -0.39 is 90.6 Å². The minimum Gasteiger partial charge on any atom is -0.298 e. The summed E-state index contributed by atoms with van der Waals surface area (Å²) < 4.78 is 27.5. The van der Waals surface area contributed by atoms with Gasteiger partial charge >= 0.3 is 0 Å². The fourth-order valence-corrected chi connectivity index (χ4v) is 8.39. The van der Waals surface area contributed by atoms with E-state index in [1.54, 1.807) is 0 Å². The number of halogens is 4. The summed E-state index contributed by atoms with van der Waals surface area (Å²) in [4.78, 5) is 103. The number of fused-ring (bicyclic) bond motifs is 2. The first-order valence-corrected chi connectivity index (χ1v) is 18.7. The van der Waals surface area contributed by atoms with E-state index in [4.69, 9.17) is 46.4 Å². The van der Waals surface area contributed by atoms with Crippen LogP contribution in [0.5, 0.6) is 0 Å². The molecule has 15 heteroatoms. The topological polar surface area (TPSA) is 171 Å². The normalized spacial score (nSPS) is 16.5. The van der Waals surface area contributed by atoms with Gasteiger partial charge in [-0.2, -0.15) is 0 Å². The second-order valence-electron chi connectivity index (χ2n) is 12.2. The lowest BCUT2D eigenvalue weighted by Crippen LogP contribution is -2.26. The molecule has 268 valence electrons. The van der Waals surface area contributed by atoms with Crippen molar-refractivity contribution in [1.29, 1.82) is 0 Å². The van der Waals surface area contributed by atoms with Gasteiger partial charge in [-0.3, -0.25) is 38.4 Å². The molecule has 0 bridgehead atoms. The minimum atomic E-state index is -4.49. The predicted molar refractivity (Wildman–Crippen MR) is 193 cm³/mol. The predicted octanol–water partition coefficient (Wildman–Crippen LogP) is 7.59. The number of sulfone groups is 1. The number of ketones is 8. The third-order valence-corrected chi connectivity index (χ3v) is 12.4. The molecule has 0 aromatic heterocycles. The Balaban J connectivity index is 1.17. The summed E-state index contributed by atoms with van der Waals surface area (Å²) in [5.74, 6) is -9.86. The highest BCUT2D eigenvalue weighted by molar-refractivity contribution is 7.91. The highest BCUT2D eigenvalue weighted by Crippen LogP contribution is 2.36. The molecule has 0 fully saturated rings. The van der Waals surface area contributed by atoms with Crippen molar-refractivity contribution in [2.45, 2.75) is 35.5 Å². The SMILES string of the molecule is O=C(CCC(=O)C1C(=O)c2ccc(S(=O)(=O)c3ccc4c(c3)C(=O)C(C(=O)CCC(=O)c3cccc(Cl)c3Cl)C4=O)cc2C1=O)c1cccc(Cl)c1Cl. The Hall–Kier alpha value is -4.65. The van der Waals surface area contributed by atoms with E-state index in [0.717, 1.165) is 36.4 Å². The lowest BCUT2D eigenvalue weighted by Gasteiger charge is -2.08. The summed E-state index contributed by atoms with van der Waals surface area (Å²) in [5.41, 5.74) is -0.842. The number of rotatable bonds is 12. The highest BCUT2D eigenvalue weighted by Gasteiger charge is 2.45. The number of carbonyl (C=O) groups is 8. The van der Waals surface area contributed by atoms with Crippen molar-refractivity contribution in [3.05, 3.63) is 126 Å². The molecule has 2 aliphatic rings. The van der Waals surface area contributed by atoms with E-state index in [9.17, 15) is 46.8 Å². The Kier molecular flexibility index (Phi) is 10.5. The van der Waals surface area contributed by atoms with E-state index in [1.807, 2.05) is 0 Å². The van der Waals surface area contributed by atoms with Gasteiger partial charge in [0, 0.05) is 59.1 Å². The van der Waals surface area contributed by atoms with Crippen molar-refractivity contribution in [3.8, 4) is 0 Å². The molecule has 6 rings (SSSR count). The summed E-state index contributed by atoms with van der Waals surface area (Å²) in [7, 11) is -4.49. The smallest absolute Gasteiger partial charge is 0.206 e. The Morgan fingerprint density at radius 2 is 0.849 bits per heavy atom. The summed E-state index contributed by atoms with van der Waals surface area (Å²) >= 11 is 24.1. The van der Waals surface area contributed by atoms with Crippen molar-refractivity contribution in [1.82, 2.24) is 0 Å². The molecule has 0 radical (unpaired) electrons. The van der Waals surface area contributed by atoms with Crippen LogP contribution in [0, 0.1) is 11.8 Å². The zero-order valence-corrected chi connectivity index (χ0v) is 30.8. The molecular formula is C38H22Cl4O10S. The van der Waals surface area contributed by atoms with Crippen LogP contribution in [0.4, 0.5) is 0 Å². The first-order valence-electron chi connectivity index (χ1n) is 15.7. The Morgan fingerprint density at radius 3 is 1.23 bits per heavy atom. The summed E-state index contributed by atoms with van der Waals surface area (Å²) in [5, 5.41) is 0.260. The highest BCUT2D eigenvalue weighted by atomic mass is 35.5. The molecule has 4 aromatic carbocycles. The molecule has 0 saturated carbocycles. The third kappa shape index (κ3) is 6.84. The average Bonchev–Trinajstić information content (AvgIpc) is 3.54. The standard InChI is InChI=1S/C38H22Cl4O10S/c39-25-5-1-3-21(33(25)41)27(43)11-13-29(45)31-35(47)19-9-7-17(15-23(19)37(31)49)53(51,52)18-8-10-20-24(16-18)38(50)32(36(20)48)30(46)14-12-28(44)22-4-2-6-26(40)34(22)42/h1-10,15-16,31-32H,11-14H2. The molecule has 4 aromatic rings. The van der Waals surface area contributed by atoms with Crippen LogP contribution in [0.15, 0.2) is 82.6 Å². The average molecular weight is 812 g/mol. The summed E-state index contributed by atoms with van der Waals surface area (Å²) in [6.07, 6.45) is -1.68. The maximum Gasteiger partial charge on any atom is 0.206 e. The lowest BCUT2D eigenvalue weighted by molar-refractivity contribution is -0.121. The summed E-state index contributed by atoms with van der Waals surface area (Å²) in [6.45, 7) is 0. The second kappa shape index (κ2) is 14.6. The zero-order valence-electron chi connectivity index (χ0n) is 26.9. The van der Waals surface area contributed by atoms with Crippen LogP contribution < -0.4 is 0 Å². The largest absolute Gasteiger partial charge is 0.298 e. The molecule has 2 aliphatic carbocycles. The maximum absolute atomic E-state index is 13.7. The molecule has 0 saturated heterocycles. The van der Waals surface area contributed by atoms with Gasteiger partial charge in [0.2, 0.25) is 9.84 Å². The van der Waals surface area contributed by atoms with Crippen molar-refractivity contribution in [3.63, 3.8) is 0 Å². The molecule has 0 N–H and O–H groups in total. The van der Waals surface area contributed by atoms with Gasteiger partial charge in [-0.1, -0.05) is 58.5 Å². The molecule has 0 aliphatic heterocycles. The minimum absolute atomic E-state index is 0.00172. The Bertz CT molecular complexity index is 2320. The zero-order chi connectivity index (χ0) is 38.5. The van der Waals surface area contributed by atoms with E-state index in [2.05, 4.69) is 0 Å². The van der Waals surface area contributed by atoms with Gasteiger partial charge in [-0.25, -0.2) is 8.42 Å². The van der Waals surface area contributed by atoms with Crippen molar-refractivity contribution >= 4 is 103 Å². The quantitative estimate of drug-likeness (QED) is 0.103. The Morgan fingerprint density at radius 1 is 0.491 bits per heavy atom. The van der Waals surface area contributed by atoms with E-state index in [-0.39, 0.29) is 66.3 Å². The van der Waals surface area contributed by atoms with Gasteiger partial charge in [0.05, 0.1) is 29.9 Å². The van der Waals surface area contributed by atoms with Crippen molar-refractivity contribution < 1.29 is 46.8 Å². The number of hydrogen-bond donors (Lipinski definition) is 0. The van der Waals surface area contributed by atoms with E-state index in [1.165, 1.54) is 36.4 Å². The number of carbonyl (C=O) groups excluding carboxylic acids is 8. The second-order valence-corrected chi connectivity index (χ2v) is 15.7. The van der Waals surface area contributed by atoms with Crippen LogP contribution in [0.1, 0.15) is 87.8 Å². The van der Waals surface area contributed by atoms with Crippen molar-refractivity contribution in [2.24, 2.45) is 11.8 Å². The molecule has 10 nitrogen and oxygen atoms in total. The van der Waals surface area contributed by atoms with Crippen LogP contribution >= 0.6 is 46.4 Å². The number of benzene rings is 4. The van der Waals surface area contributed by atoms with Crippen molar-refractivity contribution in [2.75, 3.05) is 0 Å². The van der Waals surface area contributed by atoms with Crippen LogP contribution in [0.25, 0.3) is 0 Å². The molecule has 0 amide bonds. The first kappa shape index (κ1) is 38.1. The van der Waals surface area contributed by atoms with Gasteiger partial charge in [0.15, 0.2) is 46.3 Å². The Labute approximate surface area is 321 Å². The van der Waals surface area contributed by atoms with Gasteiger partial charge < -0.3 is 0 Å². The van der Waals surface area contributed by atoms with Gasteiger partial charge in [-0.05, 0) is 60.7 Å². The first-order chi connectivity index (χ1) is 25.0. The molecule has 53 heavy (non-hydrogen) atoms. The molecule has 2 atom stereocenters. The third-order valence-electron chi connectivity index (χ3n) is 9.06. The maximum atomic E-state index is 13.7. The summed E-state index contributed by atoms with van der Waals surface area (Å²) in [6, 6.07) is 15.0. The fourth-order valence-electron chi connectivity index (χ4n) is 6.27. The fraction of sp³-hybridized carbons (Fsp3) is 0.158. The van der Waals surface area contributed by atoms with Crippen LogP contribution in [0.3, 0.4) is 0 Å². The number of hydrogen-bond acceptors (Lipinski definition) is 10. The monoisotopic (exact) mass is 810 g/mol. The lowest BCUT2D eigenvalue weighted by atomic mass is 9.93. The van der Waals surface area contributed by atoms with Crippen LogP contribution in [0.2, 0.25) is 20.1 Å². The molecule has 0 spiro atoms. The molecule has 2 unspecified atom stereocenters. The molecule has 0 heterocycles. The van der Waals surface area contributed by atoms with Gasteiger partial charge in [0.25, 0.3) is 0 Å². The van der Waals surface area contributed by atoms with Crippen LogP contribution in [-0.4, -0.2) is 54.7 Å². The van der Waals surface area contributed by atoms with Gasteiger partial charge in [0.1, 0.15) is 11.8 Å². The van der Waals surface area contributed by atoms with Gasteiger partial charge in [-0.15, -0.1) is 0 Å². The molecular weight excluding hydrogens is 790 g/mol. The van der Waals surface area contributed by atoms with E-state index >= 15 is 0 Å². The van der Waals surface area contributed by atoms with Crippen LogP contribution in [-0.2, 0) is 19.4 Å².